The van der Waals surface area contributed by atoms with Crippen LogP contribution in [-0.2, 0) is 12.6 Å². The second kappa shape index (κ2) is 6.83. The van der Waals surface area contributed by atoms with E-state index in [2.05, 4.69) is 15.1 Å². The molecule has 0 fully saturated rings. The molecule has 4 rings (SSSR count). The predicted molar refractivity (Wildman–Crippen MR) is 95.1 cm³/mol. The Balaban J connectivity index is 1.74. The maximum absolute atomic E-state index is 13.0. The lowest BCUT2D eigenvalue weighted by molar-refractivity contribution is -0.137. The number of aromatic nitrogens is 4. The average molecular weight is 368 g/mol. The first-order chi connectivity index (χ1) is 13.0. The molecular weight excluding hydrogens is 353 g/mol. The van der Waals surface area contributed by atoms with Crippen LogP contribution < -0.4 is 0 Å². The fourth-order valence-corrected chi connectivity index (χ4v) is 3.14. The summed E-state index contributed by atoms with van der Waals surface area (Å²) < 4.78 is 40.8. The molecule has 0 spiro atoms. The summed E-state index contributed by atoms with van der Waals surface area (Å²) in [7, 11) is 0. The van der Waals surface area contributed by atoms with E-state index in [9.17, 15) is 13.2 Å². The van der Waals surface area contributed by atoms with Gasteiger partial charge in [0.2, 0.25) is 0 Å². The van der Waals surface area contributed by atoms with Crippen molar-refractivity contribution in [2.24, 2.45) is 0 Å². The van der Waals surface area contributed by atoms with E-state index in [1.807, 2.05) is 30.3 Å². The van der Waals surface area contributed by atoms with Gasteiger partial charge in [-0.05, 0) is 41.8 Å². The van der Waals surface area contributed by atoms with E-state index in [0.29, 0.717) is 12.0 Å². The Kier molecular flexibility index (Phi) is 4.35. The van der Waals surface area contributed by atoms with Crippen molar-refractivity contribution >= 4 is 10.9 Å². The molecule has 0 aliphatic heterocycles. The summed E-state index contributed by atoms with van der Waals surface area (Å²) >= 11 is 0. The summed E-state index contributed by atoms with van der Waals surface area (Å²) in [6, 6.07) is 14.7. The molecule has 0 aliphatic carbocycles. The van der Waals surface area contributed by atoms with Crippen LogP contribution in [0.25, 0.3) is 10.9 Å². The summed E-state index contributed by atoms with van der Waals surface area (Å²) in [6.45, 7) is 0. The first-order valence-corrected chi connectivity index (χ1v) is 8.35. The van der Waals surface area contributed by atoms with Gasteiger partial charge in [0, 0.05) is 11.6 Å². The van der Waals surface area contributed by atoms with Gasteiger partial charge in [-0.2, -0.15) is 18.3 Å². The van der Waals surface area contributed by atoms with E-state index in [-0.39, 0.29) is 6.04 Å². The maximum atomic E-state index is 13.0. The number of benzene rings is 2. The van der Waals surface area contributed by atoms with E-state index < -0.39 is 11.7 Å². The summed E-state index contributed by atoms with van der Waals surface area (Å²) in [4.78, 5) is 8.30. The molecule has 2 aromatic heterocycles. The lowest BCUT2D eigenvalue weighted by atomic mass is 9.96. The van der Waals surface area contributed by atoms with Crippen molar-refractivity contribution in [1.82, 2.24) is 19.7 Å². The molecule has 27 heavy (non-hydrogen) atoms. The molecule has 136 valence electrons. The fourth-order valence-electron chi connectivity index (χ4n) is 3.14. The second-order valence-corrected chi connectivity index (χ2v) is 6.25. The van der Waals surface area contributed by atoms with E-state index in [4.69, 9.17) is 0 Å². The van der Waals surface area contributed by atoms with E-state index >= 15 is 0 Å². The molecule has 0 radical (unpaired) electrons. The van der Waals surface area contributed by atoms with Crippen LogP contribution in [0.2, 0.25) is 0 Å². The average Bonchev–Trinajstić information content (AvgIpc) is 3.20. The summed E-state index contributed by atoms with van der Waals surface area (Å²) in [6.07, 6.45) is 0.708. The third-order valence-corrected chi connectivity index (χ3v) is 4.45. The molecule has 2 heterocycles. The number of hydrogen-bond donors (Lipinski definition) is 0. The zero-order valence-electron chi connectivity index (χ0n) is 14.1. The van der Waals surface area contributed by atoms with Crippen molar-refractivity contribution in [2.45, 2.75) is 18.6 Å². The van der Waals surface area contributed by atoms with E-state index in [0.717, 1.165) is 22.5 Å². The molecule has 1 atom stereocenters. The zero-order chi connectivity index (χ0) is 18.9. The highest BCUT2D eigenvalue weighted by Crippen LogP contribution is 2.31. The van der Waals surface area contributed by atoms with Crippen molar-refractivity contribution < 1.29 is 13.2 Å². The number of rotatable bonds is 4. The highest BCUT2D eigenvalue weighted by molar-refractivity contribution is 5.79. The molecule has 0 saturated carbocycles. The molecule has 0 bridgehead atoms. The molecule has 0 aliphatic rings. The third kappa shape index (κ3) is 3.67. The van der Waals surface area contributed by atoms with Crippen molar-refractivity contribution in [3.8, 4) is 0 Å². The molecule has 1 unspecified atom stereocenters. The normalized spacial score (nSPS) is 13.0. The molecular formula is C20H15F3N4. The van der Waals surface area contributed by atoms with Gasteiger partial charge in [0.1, 0.15) is 12.7 Å². The van der Waals surface area contributed by atoms with Crippen molar-refractivity contribution in [3.63, 3.8) is 0 Å². The van der Waals surface area contributed by atoms with Crippen molar-refractivity contribution in [3.05, 3.63) is 90.1 Å². The van der Waals surface area contributed by atoms with Gasteiger partial charge in [-0.1, -0.05) is 30.3 Å². The van der Waals surface area contributed by atoms with Gasteiger partial charge >= 0.3 is 6.18 Å². The van der Waals surface area contributed by atoms with E-state index in [1.54, 1.807) is 23.3 Å². The first-order valence-electron chi connectivity index (χ1n) is 8.35. The van der Waals surface area contributed by atoms with E-state index in [1.165, 1.54) is 18.5 Å². The minimum Gasteiger partial charge on any atom is -0.256 e. The summed E-state index contributed by atoms with van der Waals surface area (Å²) in [5.41, 5.74) is 1.72. The number of nitrogens with zero attached hydrogens (tertiary/aromatic N) is 4. The highest BCUT2D eigenvalue weighted by Gasteiger charge is 2.30. The molecule has 4 nitrogen and oxygen atoms in total. The maximum Gasteiger partial charge on any atom is 0.416 e. The van der Waals surface area contributed by atoms with Crippen LogP contribution in [0.15, 0.2) is 73.4 Å². The minimum absolute atomic E-state index is 0.277. The molecule has 0 saturated heterocycles. The monoisotopic (exact) mass is 368 g/mol. The largest absolute Gasteiger partial charge is 0.416 e. The molecule has 4 aromatic rings. The quantitative estimate of drug-likeness (QED) is 0.525. The number of fused-ring (bicyclic) bond motifs is 1. The Labute approximate surface area is 153 Å². The zero-order valence-corrected chi connectivity index (χ0v) is 14.1. The van der Waals surface area contributed by atoms with Crippen LogP contribution in [0.4, 0.5) is 13.2 Å². The Morgan fingerprint density at radius 1 is 1.00 bits per heavy atom. The Morgan fingerprint density at radius 3 is 2.67 bits per heavy atom. The smallest absolute Gasteiger partial charge is 0.256 e. The van der Waals surface area contributed by atoms with Crippen LogP contribution in [0.1, 0.15) is 22.7 Å². The fraction of sp³-hybridized carbons (Fsp3) is 0.150. The topological polar surface area (TPSA) is 43.6 Å². The van der Waals surface area contributed by atoms with Gasteiger partial charge in [-0.25, -0.2) is 9.67 Å². The van der Waals surface area contributed by atoms with Gasteiger partial charge in [0.05, 0.1) is 17.1 Å². The van der Waals surface area contributed by atoms with Crippen LogP contribution >= 0.6 is 0 Å². The standard InChI is InChI=1S/C20H15F3N4/c21-20(22,23)17-5-1-3-14(9-17)10-19(27-13-24-12-26-27)16-6-7-18-15(11-16)4-2-8-25-18/h1-9,11-13,19H,10H2. The molecule has 7 heteroatoms. The number of alkyl halides is 3. The number of pyridine rings is 1. The number of hydrogen-bond acceptors (Lipinski definition) is 3. The molecule has 2 aromatic carbocycles. The van der Waals surface area contributed by atoms with Crippen LogP contribution in [0.3, 0.4) is 0 Å². The first kappa shape index (κ1) is 17.2. The summed E-state index contributed by atoms with van der Waals surface area (Å²) in [5, 5.41) is 5.17. The SMILES string of the molecule is FC(F)(F)c1cccc(CC(c2ccc3ncccc3c2)n2cncn2)c1. The number of halogens is 3. The molecule has 0 amide bonds. The Morgan fingerprint density at radius 2 is 1.89 bits per heavy atom. The highest BCUT2D eigenvalue weighted by atomic mass is 19.4. The third-order valence-electron chi connectivity index (χ3n) is 4.45. The van der Waals surface area contributed by atoms with Crippen molar-refractivity contribution in [1.29, 1.82) is 0 Å². The molecule has 0 N–H and O–H groups in total. The van der Waals surface area contributed by atoms with Crippen LogP contribution in [0, 0.1) is 0 Å². The predicted octanol–water partition coefficient (Wildman–Crippen LogP) is 4.68. The minimum atomic E-state index is -4.37. The van der Waals surface area contributed by atoms with Gasteiger partial charge in [-0.3, -0.25) is 4.98 Å². The lowest BCUT2D eigenvalue weighted by Gasteiger charge is -2.19. The van der Waals surface area contributed by atoms with Gasteiger partial charge < -0.3 is 0 Å². The Bertz CT molecular complexity index is 1060. The van der Waals surface area contributed by atoms with Gasteiger partial charge in [0.15, 0.2) is 0 Å². The lowest BCUT2D eigenvalue weighted by Crippen LogP contribution is -2.15. The van der Waals surface area contributed by atoms with Crippen LogP contribution in [0.5, 0.6) is 0 Å². The Hall–Kier alpha value is -3.22. The summed E-state index contributed by atoms with van der Waals surface area (Å²) in [5.74, 6) is 0. The second-order valence-electron chi connectivity index (χ2n) is 6.25. The van der Waals surface area contributed by atoms with Gasteiger partial charge in [-0.15, -0.1) is 0 Å². The van der Waals surface area contributed by atoms with Crippen molar-refractivity contribution in [2.75, 3.05) is 0 Å². The van der Waals surface area contributed by atoms with Crippen LogP contribution in [-0.4, -0.2) is 19.7 Å². The van der Waals surface area contributed by atoms with Gasteiger partial charge in [0.25, 0.3) is 0 Å².